The van der Waals surface area contributed by atoms with Gasteiger partial charge in [-0.1, -0.05) is 91.0 Å². The van der Waals surface area contributed by atoms with E-state index in [2.05, 4.69) is 88.0 Å². The molecule has 0 amide bonds. The number of nitrogens with zero attached hydrogens (tertiary/aromatic N) is 3. The second kappa shape index (κ2) is 9.60. The van der Waals surface area contributed by atoms with Crippen molar-refractivity contribution in [2.24, 2.45) is 4.99 Å². The number of fused-ring (bicyclic) bond motifs is 3. The Labute approximate surface area is 226 Å². The number of nitrogens with one attached hydrogen (secondary N) is 2. The van der Waals surface area contributed by atoms with Crippen LogP contribution < -0.4 is 10.6 Å². The van der Waals surface area contributed by atoms with E-state index in [0.717, 1.165) is 50.0 Å². The highest BCUT2D eigenvalue weighted by molar-refractivity contribution is 6.09. The number of amidine groups is 1. The van der Waals surface area contributed by atoms with E-state index in [-0.39, 0.29) is 12.3 Å². The minimum Gasteiger partial charge on any atom is -0.350 e. The average Bonchev–Trinajstić information content (AvgIpc) is 3.35. The number of para-hydroxylation sites is 1. The van der Waals surface area contributed by atoms with E-state index < -0.39 is 0 Å². The van der Waals surface area contributed by atoms with Gasteiger partial charge in [0.1, 0.15) is 18.2 Å². The molecule has 0 spiro atoms. The van der Waals surface area contributed by atoms with Gasteiger partial charge in [-0.15, -0.1) is 0 Å². The van der Waals surface area contributed by atoms with Gasteiger partial charge in [-0.05, 0) is 47.5 Å². The maximum Gasteiger partial charge on any atom is 0.131 e. The van der Waals surface area contributed by atoms with Crippen LogP contribution >= 0.6 is 0 Å². The molecule has 5 heteroatoms. The van der Waals surface area contributed by atoms with E-state index in [9.17, 15) is 5.26 Å². The summed E-state index contributed by atoms with van der Waals surface area (Å²) in [6.07, 6.45) is -0.285. The van der Waals surface area contributed by atoms with Gasteiger partial charge in [0, 0.05) is 22.0 Å². The number of rotatable bonds is 4. The predicted octanol–water partition coefficient (Wildman–Crippen LogP) is 6.99. The number of hydrogen-bond acceptors (Lipinski definition) is 4. The molecule has 2 unspecified atom stereocenters. The van der Waals surface area contributed by atoms with Crippen LogP contribution in [0, 0.1) is 11.3 Å². The Morgan fingerprint density at radius 2 is 1.36 bits per heavy atom. The molecule has 5 aromatic carbocycles. The molecule has 0 saturated heterocycles. The Morgan fingerprint density at radius 1 is 0.667 bits per heavy atom. The van der Waals surface area contributed by atoms with Crippen molar-refractivity contribution >= 4 is 27.6 Å². The highest BCUT2D eigenvalue weighted by atomic mass is 15.3. The maximum atomic E-state index is 9.45. The lowest BCUT2D eigenvalue weighted by Crippen LogP contribution is -2.44. The molecule has 0 fully saturated rings. The molecule has 1 aliphatic heterocycles. The topological polar surface area (TPSA) is 65.1 Å². The fourth-order valence-electron chi connectivity index (χ4n) is 5.42. The monoisotopic (exact) mass is 503 g/mol. The van der Waals surface area contributed by atoms with Gasteiger partial charge in [0.25, 0.3) is 0 Å². The molecular weight excluding hydrogens is 478 g/mol. The highest BCUT2D eigenvalue weighted by Gasteiger charge is 2.25. The van der Waals surface area contributed by atoms with Gasteiger partial charge < -0.3 is 9.88 Å². The van der Waals surface area contributed by atoms with Crippen LogP contribution in [0.3, 0.4) is 0 Å². The summed E-state index contributed by atoms with van der Waals surface area (Å²) >= 11 is 0. The Bertz CT molecular complexity index is 1860. The van der Waals surface area contributed by atoms with E-state index in [1.165, 1.54) is 0 Å². The molecule has 2 N–H and O–H groups in total. The fraction of sp³-hybridized carbons (Fsp3) is 0.0588. The lowest BCUT2D eigenvalue weighted by molar-refractivity contribution is 0.409. The third kappa shape index (κ3) is 4.14. The van der Waals surface area contributed by atoms with Crippen molar-refractivity contribution in [2.45, 2.75) is 12.3 Å². The zero-order chi connectivity index (χ0) is 26.2. The quantitative estimate of drug-likeness (QED) is 0.272. The number of nitriles is 1. The Hall–Kier alpha value is -5.18. The third-order valence-electron chi connectivity index (χ3n) is 7.31. The van der Waals surface area contributed by atoms with Crippen molar-refractivity contribution in [2.75, 3.05) is 0 Å². The zero-order valence-corrected chi connectivity index (χ0v) is 21.1. The molecule has 1 aromatic heterocycles. The molecule has 1 aliphatic rings. The van der Waals surface area contributed by atoms with Gasteiger partial charge in [-0.3, -0.25) is 5.32 Å². The molecule has 6 aromatic rings. The van der Waals surface area contributed by atoms with Gasteiger partial charge >= 0.3 is 0 Å². The van der Waals surface area contributed by atoms with E-state index in [1.807, 2.05) is 60.7 Å². The largest absolute Gasteiger partial charge is 0.350 e. The predicted molar refractivity (Wildman–Crippen MR) is 157 cm³/mol. The molecular formula is C34H25N5. The van der Waals surface area contributed by atoms with Crippen LogP contribution in [0.5, 0.6) is 0 Å². The van der Waals surface area contributed by atoms with Crippen molar-refractivity contribution in [3.05, 3.63) is 150 Å². The molecule has 0 saturated carbocycles. The summed E-state index contributed by atoms with van der Waals surface area (Å²) in [4.78, 5) is 5.01. The second-order valence-corrected chi connectivity index (χ2v) is 9.69. The van der Waals surface area contributed by atoms with Gasteiger partial charge in [-0.2, -0.15) is 5.26 Å². The SMILES string of the molecule is N#Cc1ccc2c(c1)c1ccccc1n2-c1ccc(C2NC(c3ccccc3)=NC(c3ccccc3)N2)cc1. The van der Waals surface area contributed by atoms with Crippen LogP contribution in [-0.2, 0) is 0 Å². The molecule has 0 radical (unpaired) electrons. The van der Waals surface area contributed by atoms with Crippen LogP contribution in [0.2, 0.25) is 0 Å². The molecule has 7 rings (SSSR count). The van der Waals surface area contributed by atoms with Gasteiger partial charge in [0.15, 0.2) is 0 Å². The Morgan fingerprint density at radius 3 is 2.13 bits per heavy atom. The van der Waals surface area contributed by atoms with E-state index in [0.29, 0.717) is 5.56 Å². The van der Waals surface area contributed by atoms with E-state index in [4.69, 9.17) is 4.99 Å². The minimum absolute atomic E-state index is 0.117. The standard InChI is InChI=1S/C34H25N5/c35-22-23-15-20-31-29(21-23)28-13-7-8-14-30(28)39(31)27-18-16-26(17-19-27)34-37-32(24-9-3-1-4-10-24)36-33(38-34)25-11-5-2-6-12-25/h1-21,32,34,37H,(H,36,38). The second-order valence-electron chi connectivity index (χ2n) is 9.69. The van der Waals surface area contributed by atoms with E-state index in [1.54, 1.807) is 0 Å². The number of benzene rings is 5. The summed E-state index contributed by atoms with van der Waals surface area (Å²) in [5.74, 6) is 0.868. The maximum absolute atomic E-state index is 9.45. The molecule has 5 nitrogen and oxygen atoms in total. The summed E-state index contributed by atoms with van der Waals surface area (Å²) in [5.41, 5.74) is 7.24. The van der Waals surface area contributed by atoms with Gasteiger partial charge in [0.05, 0.1) is 22.7 Å². The zero-order valence-electron chi connectivity index (χ0n) is 21.1. The molecule has 186 valence electrons. The summed E-state index contributed by atoms with van der Waals surface area (Å²) in [5, 5.41) is 19.0. The number of aromatic nitrogens is 1. The van der Waals surface area contributed by atoms with E-state index >= 15 is 0 Å². The molecule has 0 bridgehead atoms. The first-order chi connectivity index (χ1) is 19.3. The molecule has 2 atom stereocenters. The van der Waals surface area contributed by atoms with Crippen LogP contribution in [0.1, 0.15) is 34.6 Å². The van der Waals surface area contributed by atoms with Crippen LogP contribution in [0.25, 0.3) is 27.5 Å². The molecule has 2 heterocycles. The summed E-state index contributed by atoms with van der Waals surface area (Å²) in [6, 6.07) is 45.8. The molecule has 39 heavy (non-hydrogen) atoms. The minimum atomic E-state index is -0.168. The van der Waals surface area contributed by atoms with Crippen LogP contribution in [0.15, 0.2) is 132 Å². The Balaban J connectivity index is 1.28. The normalized spacial score (nSPS) is 16.9. The lowest BCUT2D eigenvalue weighted by Gasteiger charge is -2.32. The summed E-state index contributed by atoms with van der Waals surface area (Å²) < 4.78 is 2.26. The fourth-order valence-corrected chi connectivity index (χ4v) is 5.42. The smallest absolute Gasteiger partial charge is 0.131 e. The first-order valence-electron chi connectivity index (χ1n) is 13.0. The van der Waals surface area contributed by atoms with Crippen LogP contribution in [-0.4, -0.2) is 10.4 Å². The molecule has 0 aliphatic carbocycles. The van der Waals surface area contributed by atoms with Gasteiger partial charge in [-0.25, -0.2) is 4.99 Å². The Kier molecular flexibility index (Phi) is 5.66. The van der Waals surface area contributed by atoms with Crippen molar-refractivity contribution in [1.82, 2.24) is 15.2 Å². The van der Waals surface area contributed by atoms with Crippen molar-refractivity contribution in [3.8, 4) is 11.8 Å². The summed E-state index contributed by atoms with van der Waals surface area (Å²) in [6.45, 7) is 0. The van der Waals surface area contributed by atoms with Gasteiger partial charge in [0.2, 0.25) is 0 Å². The van der Waals surface area contributed by atoms with Crippen molar-refractivity contribution in [1.29, 1.82) is 5.26 Å². The first-order valence-corrected chi connectivity index (χ1v) is 13.0. The van der Waals surface area contributed by atoms with Crippen molar-refractivity contribution < 1.29 is 0 Å². The lowest BCUT2D eigenvalue weighted by atomic mass is 10.1. The summed E-state index contributed by atoms with van der Waals surface area (Å²) in [7, 11) is 0. The van der Waals surface area contributed by atoms with Crippen LogP contribution in [0.4, 0.5) is 0 Å². The average molecular weight is 504 g/mol. The number of aliphatic imine (C=N–C) groups is 1. The number of hydrogen-bond donors (Lipinski definition) is 2. The highest BCUT2D eigenvalue weighted by Crippen LogP contribution is 2.33. The van der Waals surface area contributed by atoms with Crippen molar-refractivity contribution in [3.63, 3.8) is 0 Å². The third-order valence-corrected chi connectivity index (χ3v) is 7.31. The first kappa shape index (κ1) is 23.0.